The van der Waals surface area contributed by atoms with Gasteiger partial charge in [-0.25, -0.2) is 14.6 Å². The zero-order valence-electron chi connectivity index (χ0n) is 9.89. The predicted octanol–water partition coefficient (Wildman–Crippen LogP) is 1.68. The lowest BCUT2D eigenvalue weighted by molar-refractivity contribution is -0.00166. The highest BCUT2D eigenvalue weighted by atomic mass is 16.7. The number of amides is 1. The number of hydrogen-bond donors (Lipinski definition) is 1. The largest absolute Gasteiger partial charge is 0.442 e. The van der Waals surface area contributed by atoms with Crippen molar-refractivity contribution >= 4 is 12.1 Å². The van der Waals surface area contributed by atoms with Gasteiger partial charge in [0.15, 0.2) is 5.69 Å². The number of pyridine rings is 1. The van der Waals surface area contributed by atoms with Crippen molar-refractivity contribution in [3.05, 3.63) is 30.1 Å². The van der Waals surface area contributed by atoms with Gasteiger partial charge in [0.05, 0.1) is 0 Å². The van der Waals surface area contributed by atoms with Crippen LogP contribution in [0.15, 0.2) is 24.4 Å². The van der Waals surface area contributed by atoms with E-state index in [2.05, 4.69) is 9.82 Å². The Morgan fingerprint density at radius 3 is 2.53 bits per heavy atom. The van der Waals surface area contributed by atoms with Crippen molar-refractivity contribution in [2.75, 3.05) is 0 Å². The number of aromatic nitrogens is 1. The van der Waals surface area contributed by atoms with Crippen molar-refractivity contribution in [2.24, 2.45) is 0 Å². The number of hydroxylamine groups is 1. The molecule has 0 atom stereocenters. The van der Waals surface area contributed by atoms with Gasteiger partial charge in [-0.3, -0.25) is 0 Å². The van der Waals surface area contributed by atoms with Crippen LogP contribution in [0.1, 0.15) is 31.3 Å². The summed E-state index contributed by atoms with van der Waals surface area (Å²) >= 11 is 0. The second kappa shape index (κ2) is 5.29. The van der Waals surface area contributed by atoms with E-state index in [9.17, 15) is 9.59 Å². The van der Waals surface area contributed by atoms with Gasteiger partial charge in [0, 0.05) is 6.20 Å². The van der Waals surface area contributed by atoms with E-state index in [0.717, 1.165) is 0 Å². The summed E-state index contributed by atoms with van der Waals surface area (Å²) in [5, 5.41) is 0. The van der Waals surface area contributed by atoms with Gasteiger partial charge in [0.1, 0.15) is 5.60 Å². The number of carbonyl (C=O) groups is 2. The topological polar surface area (TPSA) is 77.5 Å². The summed E-state index contributed by atoms with van der Waals surface area (Å²) in [6.07, 6.45) is 0.617. The summed E-state index contributed by atoms with van der Waals surface area (Å²) in [4.78, 5) is 30.8. The average Bonchev–Trinajstić information content (AvgIpc) is 2.25. The summed E-state index contributed by atoms with van der Waals surface area (Å²) in [7, 11) is 0. The fourth-order valence-electron chi connectivity index (χ4n) is 0.923. The van der Waals surface area contributed by atoms with Gasteiger partial charge in [-0.2, -0.15) is 0 Å². The van der Waals surface area contributed by atoms with Crippen molar-refractivity contribution < 1.29 is 19.2 Å². The third kappa shape index (κ3) is 4.96. The SMILES string of the molecule is CC(C)(C)OC(=O)NOC(=O)c1ccccn1. The number of nitrogens with one attached hydrogen (secondary N) is 1. The van der Waals surface area contributed by atoms with Crippen molar-refractivity contribution in [2.45, 2.75) is 26.4 Å². The molecular formula is C11H14N2O4. The predicted molar refractivity (Wildman–Crippen MR) is 59.0 cm³/mol. The van der Waals surface area contributed by atoms with Crippen molar-refractivity contribution in [3.63, 3.8) is 0 Å². The van der Waals surface area contributed by atoms with Crippen molar-refractivity contribution in [1.29, 1.82) is 0 Å². The second-order valence-electron chi connectivity index (χ2n) is 4.21. The van der Waals surface area contributed by atoms with Gasteiger partial charge in [-0.1, -0.05) is 6.07 Å². The minimum atomic E-state index is -0.832. The van der Waals surface area contributed by atoms with E-state index in [0.29, 0.717) is 0 Å². The molecule has 0 saturated carbocycles. The Kier molecular flexibility index (Phi) is 4.03. The molecule has 6 nitrogen and oxygen atoms in total. The molecule has 6 heteroatoms. The first-order chi connectivity index (χ1) is 7.88. The average molecular weight is 238 g/mol. The Labute approximate surface area is 98.9 Å². The van der Waals surface area contributed by atoms with E-state index >= 15 is 0 Å². The molecule has 1 amide bonds. The fraction of sp³-hybridized carbons (Fsp3) is 0.364. The molecule has 1 heterocycles. The Morgan fingerprint density at radius 2 is 2.00 bits per heavy atom. The van der Waals surface area contributed by atoms with E-state index < -0.39 is 17.7 Å². The molecule has 0 aliphatic carbocycles. The Balaban J connectivity index is 2.42. The van der Waals surface area contributed by atoms with E-state index in [4.69, 9.17) is 4.74 Å². The molecule has 1 N–H and O–H groups in total. The summed E-state index contributed by atoms with van der Waals surface area (Å²) in [5.74, 6) is -0.753. The summed E-state index contributed by atoms with van der Waals surface area (Å²) in [6, 6.07) is 4.77. The van der Waals surface area contributed by atoms with Crippen LogP contribution >= 0.6 is 0 Å². The van der Waals surface area contributed by atoms with Gasteiger partial charge in [-0.05, 0) is 32.9 Å². The van der Waals surface area contributed by atoms with Gasteiger partial charge in [0.2, 0.25) is 0 Å². The van der Waals surface area contributed by atoms with E-state index in [1.54, 1.807) is 32.9 Å². The van der Waals surface area contributed by atoms with Gasteiger partial charge >= 0.3 is 12.1 Å². The lowest BCUT2D eigenvalue weighted by atomic mass is 10.2. The highest BCUT2D eigenvalue weighted by Crippen LogP contribution is 2.06. The number of hydrogen-bond acceptors (Lipinski definition) is 5. The molecule has 17 heavy (non-hydrogen) atoms. The third-order valence-electron chi connectivity index (χ3n) is 1.50. The minimum Gasteiger partial charge on any atom is -0.442 e. The van der Waals surface area contributed by atoms with Gasteiger partial charge in [0.25, 0.3) is 0 Å². The number of rotatable bonds is 1. The zero-order chi connectivity index (χ0) is 12.9. The van der Waals surface area contributed by atoms with E-state index in [-0.39, 0.29) is 5.69 Å². The van der Waals surface area contributed by atoms with Crippen LogP contribution in [-0.2, 0) is 9.57 Å². The molecule has 1 aromatic heterocycles. The molecule has 0 unspecified atom stereocenters. The van der Waals surface area contributed by atoms with Crippen LogP contribution in [0.2, 0.25) is 0 Å². The van der Waals surface area contributed by atoms with E-state index in [1.165, 1.54) is 12.3 Å². The maximum absolute atomic E-state index is 11.4. The highest BCUT2D eigenvalue weighted by Gasteiger charge is 2.18. The van der Waals surface area contributed by atoms with Crippen LogP contribution in [0.5, 0.6) is 0 Å². The van der Waals surface area contributed by atoms with Gasteiger partial charge < -0.3 is 9.57 Å². The van der Waals surface area contributed by atoms with Crippen LogP contribution in [-0.4, -0.2) is 22.6 Å². The first-order valence-electron chi connectivity index (χ1n) is 5.00. The molecule has 0 aromatic carbocycles. The maximum atomic E-state index is 11.4. The molecule has 1 aromatic rings. The highest BCUT2D eigenvalue weighted by molar-refractivity contribution is 5.87. The van der Waals surface area contributed by atoms with Crippen LogP contribution in [0.4, 0.5) is 4.79 Å². The first-order valence-corrected chi connectivity index (χ1v) is 5.00. The first kappa shape index (κ1) is 13.0. The number of ether oxygens (including phenoxy) is 1. The number of carbonyl (C=O) groups excluding carboxylic acids is 2. The zero-order valence-corrected chi connectivity index (χ0v) is 9.89. The minimum absolute atomic E-state index is 0.101. The normalized spacial score (nSPS) is 10.5. The van der Waals surface area contributed by atoms with Crippen LogP contribution in [0, 0.1) is 0 Å². The smallest absolute Gasteiger partial charge is 0.441 e. The summed E-state index contributed by atoms with van der Waals surface area (Å²) < 4.78 is 4.88. The quantitative estimate of drug-likeness (QED) is 0.753. The molecular weight excluding hydrogens is 224 g/mol. The lowest BCUT2D eigenvalue weighted by Crippen LogP contribution is -2.34. The summed E-state index contributed by atoms with van der Waals surface area (Å²) in [5.41, 5.74) is 1.34. The monoisotopic (exact) mass is 238 g/mol. The second-order valence-corrected chi connectivity index (χ2v) is 4.21. The molecule has 92 valence electrons. The van der Waals surface area contributed by atoms with Gasteiger partial charge in [-0.15, -0.1) is 5.48 Å². The molecule has 0 aliphatic rings. The summed E-state index contributed by atoms with van der Waals surface area (Å²) in [6.45, 7) is 5.10. The van der Waals surface area contributed by atoms with E-state index in [1.807, 2.05) is 5.48 Å². The maximum Gasteiger partial charge on any atom is 0.441 e. The molecule has 0 fully saturated rings. The van der Waals surface area contributed by atoms with Crippen LogP contribution in [0.3, 0.4) is 0 Å². The standard InChI is InChI=1S/C11H14N2O4/c1-11(2,3)16-10(15)13-17-9(14)8-6-4-5-7-12-8/h4-7H,1-3H3,(H,13,15). The van der Waals surface area contributed by atoms with Crippen LogP contribution in [0.25, 0.3) is 0 Å². The molecule has 1 rings (SSSR count). The number of nitrogens with zero attached hydrogens (tertiary/aromatic N) is 1. The molecule has 0 spiro atoms. The molecule has 0 saturated heterocycles. The Bertz CT molecular complexity index is 398. The molecule has 0 aliphatic heterocycles. The molecule has 0 bridgehead atoms. The Hall–Kier alpha value is -2.11. The lowest BCUT2D eigenvalue weighted by Gasteiger charge is -2.19. The Morgan fingerprint density at radius 1 is 1.29 bits per heavy atom. The van der Waals surface area contributed by atoms with Crippen molar-refractivity contribution in [1.82, 2.24) is 10.5 Å². The molecule has 0 radical (unpaired) electrons. The fourth-order valence-corrected chi connectivity index (χ4v) is 0.923. The van der Waals surface area contributed by atoms with Crippen LogP contribution < -0.4 is 5.48 Å². The third-order valence-corrected chi connectivity index (χ3v) is 1.50. The van der Waals surface area contributed by atoms with Crippen molar-refractivity contribution in [3.8, 4) is 0 Å².